The van der Waals surface area contributed by atoms with Crippen molar-refractivity contribution >= 4 is 27.5 Å². The van der Waals surface area contributed by atoms with Gasteiger partial charge in [0.2, 0.25) is 21.8 Å². The Bertz CT molecular complexity index is 1140. The molecule has 1 unspecified atom stereocenters. The van der Waals surface area contributed by atoms with Crippen molar-refractivity contribution in [1.29, 1.82) is 0 Å². The van der Waals surface area contributed by atoms with Crippen LogP contribution in [0.25, 0.3) is 0 Å². The van der Waals surface area contributed by atoms with Crippen LogP contribution in [0.3, 0.4) is 0 Å². The Morgan fingerprint density at radius 3 is 2.29 bits per heavy atom. The predicted molar refractivity (Wildman–Crippen MR) is 129 cm³/mol. The first-order valence-electron chi connectivity index (χ1n) is 11.1. The van der Waals surface area contributed by atoms with Crippen LogP contribution < -0.4 is 24.8 Å². The van der Waals surface area contributed by atoms with Crippen molar-refractivity contribution in [2.75, 3.05) is 25.1 Å². The van der Waals surface area contributed by atoms with E-state index in [4.69, 9.17) is 9.47 Å². The first kappa shape index (κ1) is 25.5. The Hall–Kier alpha value is -3.11. The Labute approximate surface area is 200 Å². The number of carbonyl (C=O) groups excluding carboxylic acids is 2. The zero-order valence-electron chi connectivity index (χ0n) is 19.8. The highest BCUT2D eigenvalue weighted by atomic mass is 32.2. The largest absolute Gasteiger partial charge is 0.490 e. The number of nitrogens with one attached hydrogen (secondary N) is 3. The van der Waals surface area contributed by atoms with E-state index in [2.05, 4.69) is 15.4 Å². The molecular weight excluding hydrogens is 458 g/mol. The van der Waals surface area contributed by atoms with Crippen LogP contribution in [-0.2, 0) is 19.6 Å². The average molecular weight is 490 g/mol. The van der Waals surface area contributed by atoms with Crippen molar-refractivity contribution in [1.82, 2.24) is 10.0 Å². The third-order valence-corrected chi connectivity index (χ3v) is 6.87. The molecule has 1 aliphatic heterocycles. The van der Waals surface area contributed by atoms with E-state index in [-0.39, 0.29) is 17.4 Å². The topological polar surface area (TPSA) is 123 Å². The van der Waals surface area contributed by atoms with Crippen LogP contribution >= 0.6 is 0 Å². The van der Waals surface area contributed by atoms with Gasteiger partial charge in [-0.2, -0.15) is 4.72 Å². The molecule has 2 aromatic rings. The second-order valence-corrected chi connectivity index (χ2v) is 10.2. The maximum atomic E-state index is 13.0. The van der Waals surface area contributed by atoms with Gasteiger partial charge < -0.3 is 20.1 Å². The fraction of sp³-hybridized carbons (Fsp3) is 0.417. The van der Waals surface area contributed by atoms with Crippen LogP contribution in [0.4, 0.5) is 5.69 Å². The summed E-state index contributed by atoms with van der Waals surface area (Å²) in [5.41, 5.74) is 2.50. The van der Waals surface area contributed by atoms with Crippen LogP contribution in [0.15, 0.2) is 41.3 Å². The molecule has 9 nitrogen and oxygen atoms in total. The molecule has 2 amide bonds. The van der Waals surface area contributed by atoms with Crippen LogP contribution in [0.1, 0.15) is 31.4 Å². The molecule has 3 N–H and O–H groups in total. The number of para-hydroxylation sites is 1. The minimum atomic E-state index is -4.04. The zero-order chi connectivity index (χ0) is 24.9. The number of fused-ring (bicyclic) bond motifs is 1. The van der Waals surface area contributed by atoms with E-state index < -0.39 is 27.9 Å². The van der Waals surface area contributed by atoms with Gasteiger partial charge in [0.15, 0.2) is 11.5 Å². The predicted octanol–water partition coefficient (Wildman–Crippen LogP) is 2.52. The van der Waals surface area contributed by atoms with Crippen molar-refractivity contribution in [3.05, 3.63) is 47.5 Å². The molecule has 2 aromatic carbocycles. The van der Waals surface area contributed by atoms with Crippen LogP contribution in [0.5, 0.6) is 11.5 Å². The smallest absolute Gasteiger partial charge is 0.243 e. The summed E-state index contributed by atoms with van der Waals surface area (Å²) in [6.07, 6.45) is 0.696. The van der Waals surface area contributed by atoms with Crippen molar-refractivity contribution in [3.63, 3.8) is 0 Å². The summed E-state index contributed by atoms with van der Waals surface area (Å²) in [4.78, 5) is 25.2. The molecular formula is C24H31N3O6S. The fourth-order valence-corrected chi connectivity index (χ4v) is 4.87. The Balaban J connectivity index is 1.66. The number of benzene rings is 2. The molecule has 0 fully saturated rings. The number of anilines is 1. The molecule has 0 spiro atoms. The minimum Gasteiger partial charge on any atom is -0.490 e. The summed E-state index contributed by atoms with van der Waals surface area (Å²) in [6.45, 7) is 7.82. The number of sulfonamides is 1. The third-order valence-electron chi connectivity index (χ3n) is 5.43. The fourth-order valence-electron chi connectivity index (χ4n) is 3.51. The lowest BCUT2D eigenvalue weighted by molar-refractivity contribution is -0.126. The maximum absolute atomic E-state index is 13.0. The Morgan fingerprint density at radius 2 is 1.65 bits per heavy atom. The second kappa shape index (κ2) is 10.9. The van der Waals surface area contributed by atoms with Crippen LogP contribution in [0.2, 0.25) is 0 Å². The van der Waals surface area contributed by atoms with Gasteiger partial charge in [0, 0.05) is 18.2 Å². The Kier molecular flexibility index (Phi) is 8.16. The van der Waals surface area contributed by atoms with Gasteiger partial charge in [-0.15, -0.1) is 0 Å². The third kappa shape index (κ3) is 6.27. The SMILES string of the molecule is Cc1cccc(C)c1NC(=O)CNC(=O)C(NS(=O)(=O)c1ccc2c(c1)OCCCO2)C(C)C. The van der Waals surface area contributed by atoms with E-state index in [1.807, 2.05) is 32.0 Å². The Morgan fingerprint density at radius 1 is 1.00 bits per heavy atom. The molecule has 0 aromatic heterocycles. The molecule has 1 atom stereocenters. The van der Waals surface area contributed by atoms with Crippen molar-refractivity contribution in [2.45, 2.75) is 45.1 Å². The van der Waals surface area contributed by atoms with Crippen molar-refractivity contribution in [2.24, 2.45) is 5.92 Å². The lowest BCUT2D eigenvalue weighted by atomic mass is 10.1. The van der Waals surface area contributed by atoms with Gasteiger partial charge >= 0.3 is 0 Å². The molecule has 0 aliphatic carbocycles. The second-order valence-electron chi connectivity index (χ2n) is 8.53. The lowest BCUT2D eigenvalue weighted by Gasteiger charge is -2.22. The van der Waals surface area contributed by atoms with Gasteiger partial charge in [0.05, 0.1) is 24.7 Å². The quantitative estimate of drug-likeness (QED) is 0.524. The number of aryl methyl sites for hydroxylation is 2. The highest BCUT2D eigenvalue weighted by Crippen LogP contribution is 2.32. The van der Waals surface area contributed by atoms with Gasteiger partial charge in [-0.1, -0.05) is 32.0 Å². The van der Waals surface area contributed by atoms with E-state index >= 15 is 0 Å². The molecule has 0 saturated carbocycles. The monoisotopic (exact) mass is 489 g/mol. The van der Waals surface area contributed by atoms with Gasteiger partial charge in [0.25, 0.3) is 0 Å². The van der Waals surface area contributed by atoms with E-state index in [1.165, 1.54) is 18.2 Å². The summed E-state index contributed by atoms with van der Waals surface area (Å²) >= 11 is 0. The minimum absolute atomic E-state index is 0.0389. The number of ether oxygens (including phenoxy) is 2. The molecule has 0 radical (unpaired) electrons. The zero-order valence-corrected chi connectivity index (χ0v) is 20.6. The number of rotatable bonds is 8. The first-order valence-corrected chi connectivity index (χ1v) is 12.6. The van der Waals surface area contributed by atoms with Crippen LogP contribution in [0, 0.1) is 19.8 Å². The first-order chi connectivity index (χ1) is 16.1. The van der Waals surface area contributed by atoms with Crippen molar-refractivity contribution < 1.29 is 27.5 Å². The van der Waals surface area contributed by atoms with Gasteiger partial charge in [-0.3, -0.25) is 9.59 Å². The summed E-state index contributed by atoms with van der Waals surface area (Å²) in [5.74, 6) is -0.543. The molecule has 3 rings (SSSR count). The molecule has 10 heteroatoms. The molecule has 34 heavy (non-hydrogen) atoms. The summed E-state index contributed by atoms with van der Waals surface area (Å²) in [5, 5.41) is 5.32. The highest BCUT2D eigenvalue weighted by molar-refractivity contribution is 7.89. The molecule has 0 saturated heterocycles. The number of carbonyl (C=O) groups is 2. The van der Waals surface area contributed by atoms with Gasteiger partial charge in [-0.25, -0.2) is 8.42 Å². The van der Waals surface area contributed by atoms with E-state index in [0.717, 1.165) is 11.1 Å². The van der Waals surface area contributed by atoms with E-state index in [1.54, 1.807) is 13.8 Å². The standard InChI is InChI=1S/C24H31N3O6S/c1-15(2)22(24(29)25-14-21(28)26-23-16(3)7-5-8-17(23)4)27-34(30,31)18-9-10-19-20(13-18)33-12-6-11-32-19/h5,7-10,13,15,22,27H,6,11-12,14H2,1-4H3,(H,25,29)(H,26,28). The summed E-state index contributed by atoms with van der Waals surface area (Å²) in [7, 11) is -4.04. The van der Waals surface area contributed by atoms with Crippen LogP contribution in [-0.4, -0.2) is 46.0 Å². The average Bonchev–Trinajstić information content (AvgIpc) is 3.03. The number of hydrogen-bond donors (Lipinski definition) is 3. The van der Waals surface area contributed by atoms with E-state index in [0.29, 0.717) is 36.8 Å². The van der Waals surface area contributed by atoms with Gasteiger partial charge in [-0.05, 0) is 43.0 Å². The molecule has 1 heterocycles. The maximum Gasteiger partial charge on any atom is 0.243 e. The number of amides is 2. The molecule has 1 aliphatic rings. The normalized spacial score (nSPS) is 14.3. The molecule has 0 bridgehead atoms. The van der Waals surface area contributed by atoms with Crippen molar-refractivity contribution in [3.8, 4) is 11.5 Å². The lowest BCUT2D eigenvalue weighted by Crippen LogP contribution is -2.50. The molecule has 184 valence electrons. The highest BCUT2D eigenvalue weighted by Gasteiger charge is 2.29. The van der Waals surface area contributed by atoms with E-state index in [9.17, 15) is 18.0 Å². The summed E-state index contributed by atoms with van der Waals surface area (Å²) < 4.78 is 39.6. The summed E-state index contributed by atoms with van der Waals surface area (Å²) in [6, 6.07) is 8.91. The van der Waals surface area contributed by atoms with Gasteiger partial charge in [0.1, 0.15) is 6.04 Å². The number of hydrogen-bond acceptors (Lipinski definition) is 6.